The maximum atomic E-state index is 11.0. The van der Waals surface area contributed by atoms with E-state index in [4.69, 9.17) is 27.9 Å². The van der Waals surface area contributed by atoms with E-state index in [-0.39, 0.29) is 15.7 Å². The zero-order chi connectivity index (χ0) is 11.6. The lowest BCUT2D eigenvalue weighted by Gasteiger charge is -2.09. The van der Waals surface area contributed by atoms with Gasteiger partial charge >= 0.3 is 0 Å². The van der Waals surface area contributed by atoms with Crippen molar-refractivity contribution in [2.24, 2.45) is 0 Å². The predicted molar refractivity (Wildman–Crippen MR) is 61.5 cm³/mol. The number of hydrogen-bond acceptors (Lipinski definition) is 3. The van der Waals surface area contributed by atoms with Crippen molar-refractivity contribution in [2.45, 2.75) is 0 Å². The van der Waals surface area contributed by atoms with Crippen molar-refractivity contribution in [1.82, 2.24) is 0 Å². The van der Waals surface area contributed by atoms with E-state index < -0.39 is 10.0 Å². The van der Waals surface area contributed by atoms with Crippen LogP contribution in [0.4, 0.5) is 5.69 Å². The van der Waals surface area contributed by atoms with Crippen LogP contribution < -0.4 is 9.46 Å². The van der Waals surface area contributed by atoms with Gasteiger partial charge in [-0.3, -0.25) is 4.72 Å². The lowest BCUT2D eigenvalue weighted by Crippen LogP contribution is -2.09. The van der Waals surface area contributed by atoms with Gasteiger partial charge in [0.15, 0.2) is 0 Å². The van der Waals surface area contributed by atoms with Crippen LogP contribution in [0.2, 0.25) is 10.0 Å². The fraction of sp³-hybridized carbons (Fsp3) is 0.250. The van der Waals surface area contributed by atoms with Crippen LogP contribution in [0.5, 0.6) is 5.75 Å². The Hall–Kier alpha value is -0.650. The van der Waals surface area contributed by atoms with Crippen molar-refractivity contribution >= 4 is 38.9 Å². The second kappa shape index (κ2) is 4.47. The van der Waals surface area contributed by atoms with Crippen molar-refractivity contribution < 1.29 is 13.2 Å². The van der Waals surface area contributed by atoms with Crippen LogP contribution in [-0.2, 0) is 10.0 Å². The molecule has 0 radical (unpaired) electrons. The van der Waals surface area contributed by atoms with Crippen molar-refractivity contribution in [3.8, 4) is 5.75 Å². The van der Waals surface area contributed by atoms with Gasteiger partial charge in [-0.1, -0.05) is 23.2 Å². The van der Waals surface area contributed by atoms with Gasteiger partial charge < -0.3 is 4.74 Å². The molecule has 0 heterocycles. The molecule has 7 heteroatoms. The standard InChI is InChI=1S/C8H9Cl2NO3S/c1-14-8-4-5(9)7(3-6(8)10)11-15(2,12)13/h3-4,11H,1-2H3. The summed E-state index contributed by atoms with van der Waals surface area (Å²) in [5.74, 6) is 0.390. The molecule has 0 saturated heterocycles. The van der Waals surface area contributed by atoms with E-state index in [0.717, 1.165) is 6.26 Å². The Balaban J connectivity index is 3.17. The van der Waals surface area contributed by atoms with Crippen molar-refractivity contribution in [3.63, 3.8) is 0 Å². The molecule has 0 bridgehead atoms. The number of ether oxygens (including phenoxy) is 1. The van der Waals surface area contributed by atoms with E-state index >= 15 is 0 Å². The summed E-state index contributed by atoms with van der Waals surface area (Å²) in [6.45, 7) is 0. The molecule has 0 atom stereocenters. The quantitative estimate of drug-likeness (QED) is 0.917. The molecule has 0 saturated carbocycles. The number of methoxy groups -OCH3 is 1. The minimum absolute atomic E-state index is 0.224. The highest BCUT2D eigenvalue weighted by molar-refractivity contribution is 7.92. The van der Waals surface area contributed by atoms with Crippen LogP contribution in [-0.4, -0.2) is 21.8 Å². The first-order valence-electron chi connectivity index (χ1n) is 3.84. The van der Waals surface area contributed by atoms with Gasteiger partial charge in [0.2, 0.25) is 10.0 Å². The molecule has 15 heavy (non-hydrogen) atoms. The Kier molecular flexibility index (Phi) is 3.70. The number of nitrogens with one attached hydrogen (secondary N) is 1. The molecule has 4 nitrogen and oxygen atoms in total. The second-order valence-electron chi connectivity index (χ2n) is 2.84. The molecule has 0 aliphatic carbocycles. The number of halogens is 2. The Morgan fingerprint density at radius 1 is 1.27 bits per heavy atom. The molecule has 1 aromatic carbocycles. The van der Waals surface area contributed by atoms with E-state index in [1.165, 1.54) is 19.2 Å². The van der Waals surface area contributed by atoms with Crippen molar-refractivity contribution in [1.29, 1.82) is 0 Å². The second-order valence-corrected chi connectivity index (χ2v) is 5.40. The maximum absolute atomic E-state index is 11.0. The van der Waals surface area contributed by atoms with Crippen LogP contribution >= 0.6 is 23.2 Å². The molecular weight excluding hydrogens is 261 g/mol. The number of benzene rings is 1. The molecule has 0 unspecified atom stereocenters. The average molecular weight is 270 g/mol. The van der Waals surface area contributed by atoms with E-state index in [1.54, 1.807) is 0 Å². The largest absolute Gasteiger partial charge is 0.495 e. The molecule has 1 N–H and O–H groups in total. The lowest BCUT2D eigenvalue weighted by molar-refractivity contribution is 0.415. The normalized spacial score (nSPS) is 11.2. The summed E-state index contributed by atoms with van der Waals surface area (Å²) >= 11 is 11.6. The molecule has 0 spiro atoms. The molecular formula is C8H9Cl2NO3S. The van der Waals surface area contributed by atoms with Gasteiger partial charge in [0.25, 0.3) is 0 Å². The number of rotatable bonds is 3. The zero-order valence-corrected chi connectivity index (χ0v) is 10.4. The van der Waals surface area contributed by atoms with Crippen LogP contribution in [0.15, 0.2) is 12.1 Å². The Morgan fingerprint density at radius 2 is 1.87 bits per heavy atom. The van der Waals surface area contributed by atoms with E-state index in [1.807, 2.05) is 0 Å². The molecule has 0 amide bonds. The topological polar surface area (TPSA) is 55.4 Å². The van der Waals surface area contributed by atoms with Gasteiger partial charge in [0.05, 0.1) is 29.1 Å². The van der Waals surface area contributed by atoms with Crippen LogP contribution in [0.1, 0.15) is 0 Å². The summed E-state index contributed by atoms with van der Waals surface area (Å²) in [7, 11) is -1.92. The smallest absolute Gasteiger partial charge is 0.229 e. The zero-order valence-electron chi connectivity index (χ0n) is 8.04. The van der Waals surface area contributed by atoms with Crippen molar-refractivity contribution in [3.05, 3.63) is 22.2 Å². The van der Waals surface area contributed by atoms with Crippen LogP contribution in [0, 0.1) is 0 Å². The first kappa shape index (κ1) is 12.4. The fourth-order valence-electron chi connectivity index (χ4n) is 0.963. The van der Waals surface area contributed by atoms with Gasteiger partial charge in [-0.05, 0) is 6.07 Å². The monoisotopic (exact) mass is 269 g/mol. The third-order valence-corrected chi connectivity index (χ3v) is 2.74. The third kappa shape index (κ3) is 3.44. The summed E-state index contributed by atoms with van der Waals surface area (Å²) in [4.78, 5) is 0. The minimum atomic E-state index is -3.37. The third-order valence-electron chi connectivity index (χ3n) is 1.54. The average Bonchev–Trinajstić information content (AvgIpc) is 2.08. The number of hydrogen-bond donors (Lipinski definition) is 1. The summed E-state index contributed by atoms with van der Waals surface area (Å²) in [5.41, 5.74) is 0.227. The van der Waals surface area contributed by atoms with Gasteiger partial charge in [0, 0.05) is 6.07 Å². The predicted octanol–water partition coefficient (Wildman–Crippen LogP) is 2.37. The highest BCUT2D eigenvalue weighted by atomic mass is 35.5. The lowest BCUT2D eigenvalue weighted by atomic mass is 10.3. The van der Waals surface area contributed by atoms with Crippen LogP contribution in [0.3, 0.4) is 0 Å². The number of sulfonamides is 1. The Labute approximate surface area is 98.2 Å². The summed E-state index contributed by atoms with van der Waals surface area (Å²) < 4.78 is 29.1. The van der Waals surface area contributed by atoms with E-state index in [9.17, 15) is 8.42 Å². The molecule has 0 fully saturated rings. The SMILES string of the molecule is COc1cc(Cl)c(NS(C)(=O)=O)cc1Cl. The minimum Gasteiger partial charge on any atom is -0.495 e. The molecule has 0 aliphatic rings. The molecule has 0 aliphatic heterocycles. The van der Waals surface area contributed by atoms with Crippen molar-refractivity contribution in [2.75, 3.05) is 18.1 Å². The van der Waals surface area contributed by atoms with Crippen LogP contribution in [0.25, 0.3) is 0 Å². The fourth-order valence-corrected chi connectivity index (χ4v) is 2.03. The molecule has 0 aromatic heterocycles. The molecule has 84 valence electrons. The van der Waals surface area contributed by atoms with E-state index in [2.05, 4.69) is 4.72 Å². The summed E-state index contributed by atoms with van der Waals surface area (Å²) in [5, 5.41) is 0.509. The van der Waals surface area contributed by atoms with Gasteiger partial charge in [-0.15, -0.1) is 0 Å². The van der Waals surface area contributed by atoms with E-state index in [0.29, 0.717) is 5.75 Å². The first-order valence-corrected chi connectivity index (χ1v) is 6.49. The van der Waals surface area contributed by atoms with Gasteiger partial charge in [-0.25, -0.2) is 8.42 Å². The summed E-state index contributed by atoms with van der Waals surface area (Å²) in [6.07, 6.45) is 1.03. The Bertz CT molecular complexity index is 473. The van der Waals surface area contributed by atoms with Gasteiger partial charge in [-0.2, -0.15) is 0 Å². The molecule has 1 rings (SSSR count). The summed E-state index contributed by atoms with van der Waals surface area (Å²) in [6, 6.07) is 2.83. The highest BCUT2D eigenvalue weighted by Gasteiger charge is 2.10. The maximum Gasteiger partial charge on any atom is 0.229 e. The van der Waals surface area contributed by atoms with Gasteiger partial charge in [0.1, 0.15) is 5.75 Å². The highest BCUT2D eigenvalue weighted by Crippen LogP contribution is 2.34. The first-order chi connectivity index (χ1) is 6.83. The Morgan fingerprint density at radius 3 is 2.33 bits per heavy atom. The number of anilines is 1. The molecule has 1 aromatic rings.